The lowest BCUT2D eigenvalue weighted by molar-refractivity contribution is -0.385. The minimum absolute atomic E-state index is 0.133. The van der Waals surface area contributed by atoms with Crippen molar-refractivity contribution in [2.45, 2.75) is 13.5 Å². The van der Waals surface area contributed by atoms with Crippen LogP contribution in [0.4, 0.5) is 11.4 Å². The second kappa shape index (κ2) is 6.63. The van der Waals surface area contributed by atoms with Gasteiger partial charge in [-0.25, -0.2) is 4.98 Å². The van der Waals surface area contributed by atoms with Crippen LogP contribution < -0.4 is 10.1 Å². The molecule has 7 nitrogen and oxygen atoms in total. The maximum Gasteiger partial charge on any atom is 0.313 e. The van der Waals surface area contributed by atoms with Gasteiger partial charge in [0.1, 0.15) is 11.6 Å². The minimum atomic E-state index is -0.543. The van der Waals surface area contributed by atoms with Gasteiger partial charge in [0.05, 0.1) is 15.1 Å². The van der Waals surface area contributed by atoms with Crippen LogP contribution in [0.25, 0.3) is 10.2 Å². The molecule has 1 heterocycles. The Kier molecular flexibility index (Phi) is 4.39. The lowest BCUT2D eigenvalue weighted by Gasteiger charge is -2.07. The third kappa shape index (κ3) is 3.49. The lowest BCUT2D eigenvalue weighted by atomic mass is 10.2. The van der Waals surface area contributed by atoms with E-state index >= 15 is 0 Å². The van der Waals surface area contributed by atoms with Crippen molar-refractivity contribution < 1.29 is 14.5 Å². The summed E-state index contributed by atoms with van der Waals surface area (Å²) in [5.74, 6) is -0.166. The number of hydrogen-bond acceptors (Lipinski definition) is 6. The molecule has 1 aromatic heterocycles. The van der Waals surface area contributed by atoms with Crippen LogP contribution in [0.1, 0.15) is 11.9 Å². The Morgan fingerprint density at radius 1 is 1.33 bits per heavy atom. The van der Waals surface area contributed by atoms with Gasteiger partial charge in [-0.05, 0) is 24.3 Å². The zero-order valence-corrected chi connectivity index (χ0v) is 13.5. The maximum absolute atomic E-state index is 11.2. The number of rotatable bonds is 5. The molecule has 0 fully saturated rings. The maximum atomic E-state index is 11.2. The Balaban J connectivity index is 1.80. The van der Waals surface area contributed by atoms with Gasteiger partial charge < -0.3 is 10.1 Å². The molecule has 24 heavy (non-hydrogen) atoms. The van der Waals surface area contributed by atoms with Crippen LogP contribution in [0.2, 0.25) is 0 Å². The van der Waals surface area contributed by atoms with E-state index in [0.717, 1.165) is 15.2 Å². The van der Waals surface area contributed by atoms with Crippen molar-refractivity contribution in [3.63, 3.8) is 0 Å². The number of thiazole rings is 1. The molecule has 0 spiro atoms. The number of hydrogen-bond donors (Lipinski definition) is 1. The van der Waals surface area contributed by atoms with Crippen molar-refractivity contribution in [2.75, 3.05) is 5.32 Å². The predicted octanol–water partition coefficient (Wildman–Crippen LogP) is 3.74. The summed E-state index contributed by atoms with van der Waals surface area (Å²) >= 11 is 1.48. The number of carbonyl (C=O) groups is 1. The third-order valence-corrected chi connectivity index (χ3v) is 4.18. The average Bonchev–Trinajstić information content (AvgIpc) is 2.95. The second-order valence-electron chi connectivity index (χ2n) is 4.98. The molecule has 3 aromatic rings. The first-order chi connectivity index (χ1) is 11.5. The summed E-state index contributed by atoms with van der Waals surface area (Å²) in [6, 6.07) is 12.0. The van der Waals surface area contributed by atoms with Gasteiger partial charge in [0, 0.05) is 18.7 Å². The Morgan fingerprint density at radius 3 is 2.83 bits per heavy atom. The molecule has 1 N–H and O–H groups in total. The first kappa shape index (κ1) is 15.9. The van der Waals surface area contributed by atoms with E-state index < -0.39 is 4.92 Å². The number of ether oxygens (including phenoxy) is 1. The van der Waals surface area contributed by atoms with E-state index in [4.69, 9.17) is 4.74 Å². The Labute approximate surface area is 141 Å². The topological polar surface area (TPSA) is 94.4 Å². The largest absolute Gasteiger partial charge is 0.479 e. The fourth-order valence-electron chi connectivity index (χ4n) is 2.18. The number of anilines is 1. The molecule has 0 atom stereocenters. The molecule has 0 saturated carbocycles. The fraction of sp³-hybridized carbons (Fsp3) is 0.125. The van der Waals surface area contributed by atoms with Crippen LogP contribution in [0, 0.1) is 10.1 Å². The number of carbonyl (C=O) groups excluding carboxylic acids is 1. The van der Waals surface area contributed by atoms with Gasteiger partial charge in [0.25, 0.3) is 0 Å². The monoisotopic (exact) mass is 343 g/mol. The summed E-state index contributed by atoms with van der Waals surface area (Å²) in [4.78, 5) is 26.2. The molecule has 0 unspecified atom stereocenters. The molecule has 0 radical (unpaired) electrons. The quantitative estimate of drug-likeness (QED) is 0.562. The molecule has 3 rings (SSSR count). The van der Waals surface area contributed by atoms with E-state index in [1.807, 2.05) is 24.3 Å². The zero-order valence-electron chi connectivity index (χ0n) is 12.7. The number of benzene rings is 2. The van der Waals surface area contributed by atoms with Crippen molar-refractivity contribution >= 4 is 38.8 Å². The van der Waals surface area contributed by atoms with Gasteiger partial charge in [0.2, 0.25) is 5.91 Å². The molecule has 0 saturated heterocycles. The highest BCUT2D eigenvalue weighted by molar-refractivity contribution is 7.18. The number of nitrogens with zero attached hydrogens (tertiary/aromatic N) is 2. The average molecular weight is 343 g/mol. The van der Waals surface area contributed by atoms with E-state index in [2.05, 4.69) is 10.3 Å². The summed E-state index contributed by atoms with van der Waals surface area (Å²) in [5, 5.41) is 14.5. The zero-order chi connectivity index (χ0) is 17.1. The number of amides is 1. The van der Waals surface area contributed by atoms with Crippen molar-refractivity contribution in [3.8, 4) is 5.75 Å². The SMILES string of the molecule is CC(=O)Nc1ccc(OCc2nc3ccccc3s2)c([N+](=O)[O-])c1. The first-order valence-electron chi connectivity index (χ1n) is 7.06. The Morgan fingerprint density at radius 2 is 2.12 bits per heavy atom. The van der Waals surface area contributed by atoms with Gasteiger partial charge >= 0.3 is 5.69 Å². The number of fused-ring (bicyclic) bond motifs is 1. The van der Waals surface area contributed by atoms with Crippen LogP contribution in [0.3, 0.4) is 0 Å². The minimum Gasteiger partial charge on any atom is -0.479 e. The summed E-state index contributed by atoms with van der Waals surface area (Å²) in [6.45, 7) is 1.48. The molecule has 0 bridgehead atoms. The number of nitro groups is 1. The molecular formula is C16H13N3O4S. The highest BCUT2D eigenvalue weighted by Gasteiger charge is 2.17. The molecule has 8 heteroatoms. The molecule has 0 aliphatic rings. The number of nitro benzene ring substituents is 1. The molecular weight excluding hydrogens is 330 g/mol. The van der Waals surface area contributed by atoms with Gasteiger partial charge in [-0.3, -0.25) is 14.9 Å². The van der Waals surface area contributed by atoms with Crippen LogP contribution in [-0.4, -0.2) is 15.8 Å². The first-order valence-corrected chi connectivity index (χ1v) is 7.88. The summed E-state index contributed by atoms with van der Waals surface area (Å²) in [7, 11) is 0. The molecule has 0 aliphatic heterocycles. The van der Waals surface area contributed by atoms with Crippen molar-refractivity contribution in [3.05, 3.63) is 57.6 Å². The normalized spacial score (nSPS) is 10.5. The molecule has 122 valence electrons. The second-order valence-corrected chi connectivity index (χ2v) is 6.10. The van der Waals surface area contributed by atoms with E-state index in [-0.39, 0.29) is 24.0 Å². The van der Waals surface area contributed by atoms with Crippen molar-refractivity contribution in [1.29, 1.82) is 0 Å². The number of para-hydroxylation sites is 1. The van der Waals surface area contributed by atoms with Crippen molar-refractivity contribution in [1.82, 2.24) is 4.98 Å². The van der Waals surface area contributed by atoms with E-state index in [9.17, 15) is 14.9 Å². The fourth-order valence-corrected chi connectivity index (χ4v) is 3.06. The van der Waals surface area contributed by atoms with Gasteiger partial charge in [-0.15, -0.1) is 11.3 Å². The van der Waals surface area contributed by atoms with Crippen LogP contribution in [-0.2, 0) is 11.4 Å². The van der Waals surface area contributed by atoms with E-state index in [1.54, 1.807) is 6.07 Å². The van der Waals surface area contributed by atoms with Gasteiger partial charge in [-0.1, -0.05) is 12.1 Å². The molecule has 0 aliphatic carbocycles. The number of aromatic nitrogens is 1. The smallest absolute Gasteiger partial charge is 0.313 e. The Hall–Kier alpha value is -3.00. The predicted molar refractivity (Wildman–Crippen MR) is 91.4 cm³/mol. The molecule has 1 amide bonds. The third-order valence-electron chi connectivity index (χ3n) is 3.17. The Bertz CT molecular complexity index is 890. The van der Waals surface area contributed by atoms with Crippen molar-refractivity contribution in [2.24, 2.45) is 0 Å². The number of nitrogens with one attached hydrogen (secondary N) is 1. The van der Waals surface area contributed by atoms with Gasteiger partial charge in [0.15, 0.2) is 5.75 Å². The summed E-state index contributed by atoms with van der Waals surface area (Å²) in [5.41, 5.74) is 1.01. The summed E-state index contributed by atoms with van der Waals surface area (Å²) in [6.07, 6.45) is 0. The lowest BCUT2D eigenvalue weighted by Crippen LogP contribution is -2.06. The van der Waals surface area contributed by atoms with E-state index in [1.165, 1.54) is 30.4 Å². The standard InChI is InChI=1S/C16H13N3O4S/c1-10(20)17-11-6-7-14(13(8-11)19(21)22)23-9-16-18-12-4-2-3-5-15(12)24-16/h2-8H,9H2,1H3,(H,17,20). The van der Waals surface area contributed by atoms with Crippen LogP contribution in [0.5, 0.6) is 5.75 Å². The molecule has 2 aromatic carbocycles. The van der Waals surface area contributed by atoms with Crippen LogP contribution >= 0.6 is 11.3 Å². The highest BCUT2D eigenvalue weighted by Crippen LogP contribution is 2.31. The van der Waals surface area contributed by atoms with E-state index in [0.29, 0.717) is 5.69 Å². The highest BCUT2D eigenvalue weighted by atomic mass is 32.1. The summed E-state index contributed by atoms with van der Waals surface area (Å²) < 4.78 is 6.60. The van der Waals surface area contributed by atoms with Gasteiger partial charge in [-0.2, -0.15) is 0 Å². The van der Waals surface area contributed by atoms with Crippen LogP contribution in [0.15, 0.2) is 42.5 Å².